The SMILES string of the molecule is COC(=O)COC(=O)/C=C/c1cn(Cc2ccccc2)nc1-c1cccs1. The van der Waals surface area contributed by atoms with Gasteiger partial charge in [-0.2, -0.15) is 5.10 Å². The Kier molecular flexibility index (Phi) is 6.17. The lowest BCUT2D eigenvalue weighted by Crippen LogP contribution is -2.13. The molecule has 0 unspecified atom stereocenters. The fourth-order valence-corrected chi connectivity index (χ4v) is 3.14. The molecule has 6 nitrogen and oxygen atoms in total. The zero-order chi connectivity index (χ0) is 19.1. The quantitative estimate of drug-likeness (QED) is 0.463. The molecule has 0 N–H and O–H groups in total. The number of benzene rings is 1. The van der Waals surface area contributed by atoms with Gasteiger partial charge in [0.05, 0.1) is 18.5 Å². The molecule has 1 aromatic carbocycles. The Morgan fingerprint density at radius 2 is 2.00 bits per heavy atom. The lowest BCUT2D eigenvalue weighted by molar-refractivity contribution is -0.154. The first-order valence-corrected chi connectivity index (χ1v) is 9.10. The van der Waals surface area contributed by atoms with E-state index in [1.54, 1.807) is 17.4 Å². The highest BCUT2D eigenvalue weighted by atomic mass is 32.1. The summed E-state index contributed by atoms with van der Waals surface area (Å²) in [7, 11) is 1.24. The first kappa shape index (κ1) is 18.6. The Bertz CT molecular complexity index is 930. The Balaban J connectivity index is 1.79. The van der Waals surface area contributed by atoms with Crippen LogP contribution in [0.4, 0.5) is 0 Å². The molecule has 2 heterocycles. The van der Waals surface area contributed by atoms with Crippen molar-refractivity contribution in [2.24, 2.45) is 0 Å². The molecule has 0 saturated carbocycles. The largest absolute Gasteiger partial charge is 0.466 e. The number of rotatable bonds is 7. The standard InChI is InChI=1S/C20H18N2O4S/c1-25-19(24)14-26-18(23)10-9-16-13-22(12-15-6-3-2-4-7-15)21-20(16)17-8-5-11-27-17/h2-11,13H,12,14H2,1H3/b10-9+. The molecule has 27 heavy (non-hydrogen) atoms. The van der Waals surface area contributed by atoms with E-state index >= 15 is 0 Å². The van der Waals surface area contributed by atoms with E-state index in [0.29, 0.717) is 6.54 Å². The smallest absolute Gasteiger partial charge is 0.344 e. The maximum absolute atomic E-state index is 11.8. The highest BCUT2D eigenvalue weighted by molar-refractivity contribution is 7.13. The number of carbonyl (C=O) groups excluding carboxylic acids is 2. The normalized spacial score (nSPS) is 10.9. The molecule has 0 atom stereocenters. The van der Waals surface area contributed by atoms with Crippen molar-refractivity contribution in [1.29, 1.82) is 0 Å². The van der Waals surface area contributed by atoms with Gasteiger partial charge in [0, 0.05) is 17.8 Å². The van der Waals surface area contributed by atoms with E-state index in [-0.39, 0.29) is 0 Å². The van der Waals surface area contributed by atoms with E-state index in [1.807, 2.05) is 58.7 Å². The van der Waals surface area contributed by atoms with Crippen LogP contribution in [-0.4, -0.2) is 35.4 Å². The maximum atomic E-state index is 11.8. The highest BCUT2D eigenvalue weighted by Crippen LogP contribution is 2.27. The first-order valence-electron chi connectivity index (χ1n) is 8.22. The van der Waals surface area contributed by atoms with Crippen molar-refractivity contribution < 1.29 is 19.1 Å². The maximum Gasteiger partial charge on any atom is 0.344 e. The molecule has 0 aliphatic rings. The zero-order valence-corrected chi connectivity index (χ0v) is 15.5. The summed E-state index contributed by atoms with van der Waals surface area (Å²) >= 11 is 1.57. The van der Waals surface area contributed by atoms with E-state index in [0.717, 1.165) is 21.7 Å². The molecular weight excluding hydrogens is 364 g/mol. The molecule has 0 bridgehead atoms. The molecule has 0 fully saturated rings. The summed E-state index contributed by atoms with van der Waals surface area (Å²) in [6, 6.07) is 13.9. The van der Waals surface area contributed by atoms with Crippen LogP contribution in [0.15, 0.2) is 60.1 Å². The van der Waals surface area contributed by atoms with Crippen LogP contribution in [0.1, 0.15) is 11.1 Å². The molecule has 3 aromatic rings. The van der Waals surface area contributed by atoms with Crippen LogP contribution in [-0.2, 0) is 25.6 Å². The van der Waals surface area contributed by atoms with Crippen LogP contribution in [0.2, 0.25) is 0 Å². The van der Waals surface area contributed by atoms with Crippen molar-refractivity contribution in [1.82, 2.24) is 9.78 Å². The van der Waals surface area contributed by atoms with Crippen LogP contribution in [0.3, 0.4) is 0 Å². The summed E-state index contributed by atoms with van der Waals surface area (Å²) in [6.07, 6.45) is 4.80. The third kappa shape index (κ3) is 5.15. The van der Waals surface area contributed by atoms with Gasteiger partial charge in [-0.3, -0.25) is 4.68 Å². The number of ether oxygens (including phenoxy) is 2. The van der Waals surface area contributed by atoms with Gasteiger partial charge >= 0.3 is 11.9 Å². The monoisotopic (exact) mass is 382 g/mol. The number of hydrogen-bond acceptors (Lipinski definition) is 6. The lowest BCUT2D eigenvalue weighted by atomic mass is 10.2. The Hall–Kier alpha value is -3.19. The van der Waals surface area contributed by atoms with Crippen molar-refractivity contribution in [2.45, 2.75) is 6.54 Å². The predicted molar refractivity (Wildman–Crippen MR) is 103 cm³/mol. The minimum atomic E-state index is -0.617. The summed E-state index contributed by atoms with van der Waals surface area (Å²) < 4.78 is 11.1. The molecule has 0 radical (unpaired) electrons. The second kappa shape index (κ2) is 8.95. The van der Waals surface area contributed by atoms with Gasteiger partial charge in [-0.15, -0.1) is 11.3 Å². The van der Waals surface area contributed by atoms with Gasteiger partial charge in [0.1, 0.15) is 5.69 Å². The number of nitrogens with zero attached hydrogens (tertiary/aromatic N) is 2. The number of esters is 2. The number of methoxy groups -OCH3 is 1. The van der Waals surface area contributed by atoms with E-state index in [4.69, 9.17) is 4.74 Å². The van der Waals surface area contributed by atoms with E-state index in [2.05, 4.69) is 9.84 Å². The summed E-state index contributed by atoms with van der Waals surface area (Å²) in [6.45, 7) is 0.213. The lowest BCUT2D eigenvalue weighted by Gasteiger charge is -2.00. The molecule has 0 spiro atoms. The van der Waals surface area contributed by atoms with Gasteiger partial charge < -0.3 is 9.47 Å². The Morgan fingerprint density at radius 3 is 2.70 bits per heavy atom. The predicted octanol–water partition coefficient (Wildman–Crippen LogP) is 3.39. The number of carbonyl (C=O) groups is 2. The topological polar surface area (TPSA) is 70.4 Å². The molecule has 0 aliphatic carbocycles. The summed E-state index contributed by atoms with van der Waals surface area (Å²) in [5.74, 6) is -1.22. The summed E-state index contributed by atoms with van der Waals surface area (Å²) in [5.41, 5.74) is 2.71. The zero-order valence-electron chi connectivity index (χ0n) is 14.7. The molecule has 138 valence electrons. The molecule has 3 rings (SSSR count). The molecular formula is C20H18N2O4S. The third-order valence-corrected chi connectivity index (χ3v) is 4.57. The molecule has 0 aliphatic heterocycles. The number of thiophene rings is 1. The average molecular weight is 382 g/mol. The highest BCUT2D eigenvalue weighted by Gasteiger charge is 2.11. The van der Waals surface area contributed by atoms with E-state index in [1.165, 1.54) is 13.2 Å². The molecule has 7 heteroatoms. The van der Waals surface area contributed by atoms with E-state index < -0.39 is 18.5 Å². The van der Waals surface area contributed by atoms with Gasteiger partial charge in [0.25, 0.3) is 0 Å². The Labute approximate surface area is 160 Å². The van der Waals surface area contributed by atoms with Crippen molar-refractivity contribution in [3.8, 4) is 10.6 Å². The minimum absolute atomic E-state index is 0.412. The van der Waals surface area contributed by atoms with Crippen LogP contribution in [0.5, 0.6) is 0 Å². The van der Waals surface area contributed by atoms with Crippen molar-refractivity contribution >= 4 is 29.4 Å². The number of hydrogen-bond donors (Lipinski definition) is 0. The van der Waals surface area contributed by atoms with Gasteiger partial charge in [-0.1, -0.05) is 36.4 Å². The second-order valence-electron chi connectivity index (χ2n) is 5.61. The minimum Gasteiger partial charge on any atom is -0.466 e. The van der Waals surface area contributed by atoms with Gasteiger partial charge in [-0.05, 0) is 23.1 Å². The fraction of sp³-hybridized carbons (Fsp3) is 0.150. The first-order chi connectivity index (χ1) is 13.2. The van der Waals surface area contributed by atoms with Crippen molar-refractivity contribution in [2.75, 3.05) is 13.7 Å². The van der Waals surface area contributed by atoms with Crippen LogP contribution >= 0.6 is 11.3 Å². The van der Waals surface area contributed by atoms with Crippen molar-refractivity contribution in [3.63, 3.8) is 0 Å². The van der Waals surface area contributed by atoms with Gasteiger partial charge in [-0.25, -0.2) is 9.59 Å². The average Bonchev–Trinajstić information content (AvgIpc) is 3.35. The Morgan fingerprint density at radius 1 is 1.19 bits per heavy atom. The van der Waals surface area contributed by atoms with E-state index in [9.17, 15) is 9.59 Å². The summed E-state index contributed by atoms with van der Waals surface area (Å²) in [4.78, 5) is 23.8. The molecule has 0 amide bonds. The molecule has 0 saturated heterocycles. The fourth-order valence-electron chi connectivity index (χ4n) is 2.41. The summed E-state index contributed by atoms with van der Waals surface area (Å²) in [5, 5.41) is 6.64. The van der Waals surface area contributed by atoms with Gasteiger partial charge in [0.2, 0.25) is 0 Å². The second-order valence-corrected chi connectivity index (χ2v) is 6.56. The third-order valence-electron chi connectivity index (χ3n) is 3.69. The van der Waals surface area contributed by atoms with Crippen molar-refractivity contribution in [3.05, 3.63) is 71.2 Å². The van der Waals surface area contributed by atoms with Gasteiger partial charge in [0.15, 0.2) is 6.61 Å². The van der Waals surface area contributed by atoms with Crippen LogP contribution < -0.4 is 0 Å². The number of aromatic nitrogens is 2. The van der Waals surface area contributed by atoms with Crippen LogP contribution in [0.25, 0.3) is 16.6 Å². The van der Waals surface area contributed by atoms with Crippen LogP contribution in [0, 0.1) is 0 Å². The molecule has 2 aromatic heterocycles.